The zero-order chi connectivity index (χ0) is 32.8. The number of ketones is 1. The first kappa shape index (κ1) is 32.7. The summed E-state index contributed by atoms with van der Waals surface area (Å²) in [4.78, 5) is 42.2. The number of amides is 1. The molecule has 252 valence electrons. The van der Waals surface area contributed by atoms with Crippen LogP contribution in [0.25, 0.3) is 0 Å². The van der Waals surface area contributed by atoms with Crippen molar-refractivity contribution in [2.45, 2.75) is 115 Å². The molecule has 4 heterocycles. The molecule has 46 heavy (non-hydrogen) atoms. The minimum atomic E-state index is -0.897. The van der Waals surface area contributed by atoms with Gasteiger partial charge in [0.05, 0.1) is 30.7 Å². The van der Waals surface area contributed by atoms with Crippen LogP contribution in [0.1, 0.15) is 91.3 Å². The van der Waals surface area contributed by atoms with E-state index in [2.05, 4.69) is 23.8 Å². The number of hydrogen-bond donors (Lipinski definition) is 2. The van der Waals surface area contributed by atoms with Crippen LogP contribution in [-0.4, -0.2) is 112 Å². The van der Waals surface area contributed by atoms with E-state index in [-0.39, 0.29) is 53.4 Å². The molecule has 5 atom stereocenters. The first-order valence-corrected chi connectivity index (χ1v) is 17.0. The van der Waals surface area contributed by atoms with Crippen LogP contribution in [0.15, 0.2) is 17.4 Å². The van der Waals surface area contributed by atoms with Gasteiger partial charge < -0.3 is 24.2 Å². The van der Waals surface area contributed by atoms with E-state index in [0.717, 1.165) is 38.6 Å². The predicted octanol–water partition coefficient (Wildman–Crippen LogP) is 4.66. The van der Waals surface area contributed by atoms with E-state index >= 15 is 0 Å². The van der Waals surface area contributed by atoms with Gasteiger partial charge in [-0.1, -0.05) is 6.42 Å². The monoisotopic (exact) mass is 638 g/mol. The molecule has 1 amide bonds. The molecule has 6 rings (SSSR count). The lowest BCUT2D eigenvalue weighted by atomic mass is 9.64. The molecule has 3 aliphatic heterocycles. The van der Waals surface area contributed by atoms with Gasteiger partial charge in [0, 0.05) is 37.2 Å². The van der Waals surface area contributed by atoms with Crippen LogP contribution in [0.5, 0.6) is 5.88 Å². The van der Waals surface area contributed by atoms with Crippen molar-refractivity contribution < 1.29 is 28.9 Å². The third kappa shape index (κ3) is 6.34. The quantitative estimate of drug-likeness (QED) is 0.423. The highest BCUT2D eigenvalue weighted by molar-refractivity contribution is 6.09. The molecule has 1 spiro atoms. The normalized spacial score (nSPS) is 29.7. The first-order valence-electron chi connectivity index (χ1n) is 17.0. The van der Waals surface area contributed by atoms with E-state index in [4.69, 9.17) is 24.2 Å². The summed E-state index contributed by atoms with van der Waals surface area (Å²) in [6, 6.07) is 1.59. The van der Waals surface area contributed by atoms with E-state index in [9.17, 15) is 20.1 Å². The van der Waals surface area contributed by atoms with Crippen molar-refractivity contribution in [1.82, 2.24) is 19.8 Å². The molecular weight excluding hydrogens is 588 g/mol. The second kappa shape index (κ2) is 12.7. The van der Waals surface area contributed by atoms with Crippen molar-refractivity contribution in [3.8, 4) is 5.88 Å². The number of allylic oxidation sites excluding steroid dienone is 2. The Labute approximate surface area is 272 Å². The lowest BCUT2D eigenvalue weighted by Gasteiger charge is -2.49. The van der Waals surface area contributed by atoms with Crippen molar-refractivity contribution in [2.75, 3.05) is 44.8 Å². The molecule has 2 N–H and O–H groups in total. The Morgan fingerprint density at radius 3 is 2.48 bits per heavy atom. The zero-order valence-electron chi connectivity index (χ0n) is 28.0. The van der Waals surface area contributed by atoms with Crippen LogP contribution >= 0.6 is 0 Å². The highest BCUT2D eigenvalue weighted by Gasteiger charge is 2.47. The molecule has 5 aliphatic rings. The molecule has 2 bridgehead atoms. The maximum Gasteiger partial charge on any atom is 0.411 e. The molecule has 12 nitrogen and oxygen atoms in total. The minimum absolute atomic E-state index is 0.0307. The van der Waals surface area contributed by atoms with Crippen LogP contribution in [0.3, 0.4) is 0 Å². The lowest BCUT2D eigenvalue weighted by Crippen LogP contribution is -2.66. The summed E-state index contributed by atoms with van der Waals surface area (Å²) in [6.45, 7) is 10.3. The second-order valence-electron chi connectivity index (χ2n) is 14.8. The Morgan fingerprint density at radius 1 is 1.11 bits per heavy atom. The molecule has 12 heteroatoms. The number of fused-ring (bicyclic) bond motifs is 2. The number of carbonyl (C=O) groups excluding carboxylic acids is 2. The number of hydrogen-bond acceptors (Lipinski definition) is 11. The van der Waals surface area contributed by atoms with Gasteiger partial charge in [0.25, 0.3) is 0 Å². The van der Waals surface area contributed by atoms with Gasteiger partial charge >= 0.3 is 6.09 Å². The van der Waals surface area contributed by atoms with Crippen LogP contribution in [-0.2, 0) is 14.3 Å². The number of nitrogens with zero attached hydrogens (tertiary/aromatic N) is 5. The fourth-order valence-corrected chi connectivity index (χ4v) is 8.09. The summed E-state index contributed by atoms with van der Waals surface area (Å²) in [5, 5.41) is 20.9. The average Bonchev–Trinajstić information content (AvgIpc) is 3.43. The summed E-state index contributed by atoms with van der Waals surface area (Å²) in [5.41, 5.74) is -1.02. The number of rotatable bonds is 6. The molecule has 1 saturated carbocycles. The molecule has 2 unspecified atom stereocenters. The number of morpholine rings is 1. The number of likely N-dealkylation sites (tertiary alicyclic amines) is 1. The third-order valence-corrected chi connectivity index (χ3v) is 10.4. The number of aliphatic hydroxyl groups is 1. The Hall–Kier alpha value is -3.25. The molecular formula is C34H50N6O6. The summed E-state index contributed by atoms with van der Waals surface area (Å²) >= 11 is 0. The molecule has 1 aromatic heterocycles. The summed E-state index contributed by atoms with van der Waals surface area (Å²) in [5.74, 6) is 1.23. The number of anilines is 1. The maximum atomic E-state index is 13.2. The van der Waals surface area contributed by atoms with Gasteiger partial charge in [0.1, 0.15) is 34.8 Å². The van der Waals surface area contributed by atoms with Crippen molar-refractivity contribution >= 4 is 23.4 Å². The van der Waals surface area contributed by atoms with E-state index in [1.807, 2.05) is 26.8 Å². The van der Waals surface area contributed by atoms with Crippen molar-refractivity contribution in [3.05, 3.63) is 23.2 Å². The van der Waals surface area contributed by atoms with E-state index in [1.165, 1.54) is 0 Å². The molecule has 0 aromatic carbocycles. The van der Waals surface area contributed by atoms with Gasteiger partial charge in [-0.3, -0.25) is 20.0 Å². The standard InChI is InChI=1S/C34H50N6O6/c1-21(25-11-9-15-38(25)5)45-28-16-27(39-17-22-19-44-20-23(18-39)40(22)32(43)46-33(2,3)4)36-31(37-28)29(35)24-10-8-14-34(30(24)42)13-7-6-12-26(34)41/h16,21-23,25,35,42H,6-15,17-20H2,1-5H3/t21-,22?,23?,25-,34+/m0/s1. The number of aromatic nitrogens is 2. The van der Waals surface area contributed by atoms with Gasteiger partial charge in [-0.05, 0) is 86.2 Å². The van der Waals surface area contributed by atoms with Crippen LogP contribution in [0.4, 0.5) is 10.6 Å². The van der Waals surface area contributed by atoms with E-state index in [1.54, 1.807) is 4.90 Å². The van der Waals surface area contributed by atoms with Crippen molar-refractivity contribution in [1.29, 1.82) is 5.41 Å². The maximum absolute atomic E-state index is 13.2. The largest absolute Gasteiger partial charge is 0.511 e. The van der Waals surface area contributed by atoms with Gasteiger partial charge in [-0.2, -0.15) is 4.98 Å². The predicted molar refractivity (Wildman–Crippen MR) is 173 cm³/mol. The Bertz CT molecular complexity index is 1380. The number of piperazine rings is 1. The Balaban J connectivity index is 1.33. The summed E-state index contributed by atoms with van der Waals surface area (Å²) < 4.78 is 18.1. The van der Waals surface area contributed by atoms with Gasteiger partial charge in [-0.15, -0.1) is 0 Å². The Kier molecular flexibility index (Phi) is 9.06. The number of likely N-dealkylation sites (N-methyl/N-ethyl adjacent to an activating group) is 1. The van der Waals surface area contributed by atoms with Gasteiger partial charge in [-0.25, -0.2) is 9.78 Å². The topological polar surface area (TPSA) is 141 Å². The lowest BCUT2D eigenvalue weighted by molar-refractivity contribution is -0.131. The molecule has 3 saturated heterocycles. The minimum Gasteiger partial charge on any atom is -0.511 e. The third-order valence-electron chi connectivity index (χ3n) is 10.4. The number of nitrogens with one attached hydrogen (secondary N) is 1. The highest BCUT2D eigenvalue weighted by atomic mass is 16.6. The number of carbonyl (C=O) groups is 2. The molecule has 0 radical (unpaired) electrons. The fraction of sp³-hybridized carbons (Fsp3) is 0.735. The smallest absolute Gasteiger partial charge is 0.411 e. The number of aliphatic hydroxyl groups excluding tert-OH is 1. The summed E-state index contributed by atoms with van der Waals surface area (Å²) in [6.07, 6.45) is 6.28. The van der Waals surface area contributed by atoms with Gasteiger partial charge in [0.15, 0.2) is 5.82 Å². The van der Waals surface area contributed by atoms with Gasteiger partial charge in [0.2, 0.25) is 5.88 Å². The number of Topliss-reactive ketones (excluding diaryl/α,β-unsaturated/α-hetero) is 1. The van der Waals surface area contributed by atoms with Crippen molar-refractivity contribution in [2.24, 2.45) is 5.41 Å². The second-order valence-corrected chi connectivity index (χ2v) is 14.8. The molecule has 1 aromatic rings. The fourth-order valence-electron chi connectivity index (χ4n) is 8.09. The van der Waals surface area contributed by atoms with E-state index < -0.39 is 11.0 Å². The SMILES string of the molecule is C[C@H](Oc1cc(N2CC3COCC(C2)N3C(=O)OC(C)(C)C)nc(C(=N)C2=C(O)[C@]3(CCCCC3=O)CCC2)n1)[C@@H]1CCCN1C. The Morgan fingerprint density at radius 2 is 1.83 bits per heavy atom. The zero-order valence-corrected chi connectivity index (χ0v) is 28.0. The number of ether oxygens (including phenoxy) is 3. The van der Waals surface area contributed by atoms with Crippen LogP contribution < -0.4 is 9.64 Å². The molecule has 2 aliphatic carbocycles. The van der Waals surface area contributed by atoms with Crippen molar-refractivity contribution in [3.63, 3.8) is 0 Å². The highest BCUT2D eigenvalue weighted by Crippen LogP contribution is 2.48. The van der Waals surface area contributed by atoms with Crippen LogP contribution in [0.2, 0.25) is 0 Å². The summed E-state index contributed by atoms with van der Waals surface area (Å²) in [7, 11) is 2.11. The molecule has 4 fully saturated rings. The first-order chi connectivity index (χ1) is 21.9. The average molecular weight is 639 g/mol. The van der Waals surface area contributed by atoms with E-state index in [0.29, 0.717) is 69.3 Å². The van der Waals surface area contributed by atoms with Crippen LogP contribution in [0, 0.1) is 10.8 Å².